The van der Waals surface area contributed by atoms with Gasteiger partial charge in [0.2, 0.25) is 0 Å². The van der Waals surface area contributed by atoms with E-state index in [2.05, 4.69) is 70.6 Å². The van der Waals surface area contributed by atoms with Crippen molar-refractivity contribution in [3.05, 3.63) is 0 Å². The Morgan fingerprint density at radius 2 is 1.71 bits per heavy atom. The van der Waals surface area contributed by atoms with Gasteiger partial charge in [-0.1, -0.05) is 48.5 Å². The van der Waals surface area contributed by atoms with E-state index in [0.717, 1.165) is 52.0 Å². The Balaban J connectivity index is 1.01. The van der Waals surface area contributed by atoms with E-state index in [1.807, 2.05) is 0 Å². The van der Waals surface area contributed by atoms with Crippen LogP contribution in [0.15, 0.2) is 0 Å². The van der Waals surface area contributed by atoms with Crippen LogP contribution in [-0.2, 0) is 18.9 Å². The lowest BCUT2D eigenvalue weighted by atomic mass is 9.41. The van der Waals surface area contributed by atoms with E-state index in [1.54, 1.807) is 7.05 Å². The van der Waals surface area contributed by atoms with Crippen molar-refractivity contribution in [2.75, 3.05) is 46.9 Å². The fourth-order valence-corrected chi connectivity index (χ4v) is 14.7. The summed E-state index contributed by atoms with van der Waals surface area (Å²) in [5.41, 5.74) is 0.547. The molecule has 0 aromatic rings. The van der Waals surface area contributed by atoms with Gasteiger partial charge in [0.25, 0.3) is 0 Å². The van der Waals surface area contributed by atoms with Crippen molar-refractivity contribution in [3.63, 3.8) is 0 Å². The summed E-state index contributed by atoms with van der Waals surface area (Å²) in [5, 5.41) is 15.3. The molecular weight excluding hydrogens is 618 g/mol. The average Bonchev–Trinajstić information content (AvgIpc) is 3.68. The van der Waals surface area contributed by atoms with E-state index in [0.29, 0.717) is 40.5 Å². The summed E-state index contributed by atoms with van der Waals surface area (Å²) in [4.78, 5) is 17.3. The van der Waals surface area contributed by atoms with Crippen LogP contribution in [0.4, 0.5) is 4.79 Å². The predicted octanol–water partition coefficient (Wildman–Crippen LogP) is 5.54. The Bertz CT molecular complexity index is 1290. The first-order valence-corrected chi connectivity index (χ1v) is 20.0. The second kappa shape index (κ2) is 11.8. The van der Waals surface area contributed by atoms with Crippen LogP contribution in [0.1, 0.15) is 99.8 Å². The molecule has 5 saturated carbocycles. The van der Waals surface area contributed by atoms with Gasteiger partial charge in [-0.15, -0.1) is 0 Å². The number of likely N-dealkylation sites (N-methyl/N-ethyl adjacent to an activating group) is 1. The number of hydrogen-bond donors (Lipinski definition) is 2. The zero-order valence-electron chi connectivity index (χ0n) is 32.0. The highest BCUT2D eigenvalue weighted by molar-refractivity contribution is 5.66. The van der Waals surface area contributed by atoms with E-state index < -0.39 is 12.2 Å². The summed E-state index contributed by atoms with van der Waals surface area (Å²) < 4.78 is 26.1. The van der Waals surface area contributed by atoms with Crippen LogP contribution < -0.4 is 5.32 Å². The first kappa shape index (κ1) is 35.1. The standard InChI is InChI=1S/C40H67N3O6/c1-23(2)32(49-35(45)41-8)26-18-24(3)31-33(47-26)34(44)38(7)28-11-10-27-36(4,5)29(12-13-39(27)22-40(28,39)15-14-37(31,38)6)48-30-21-43(16-17-46-30)25-19-42(9)20-25/h23-34,44H,10-22H2,1-9H3,(H,41,45)/t24-,26?,27+,28?,29+,30+,31+,32-,33?,34+,37-,38-,39-,40+/m1/s1. The number of carbonyl (C=O) groups excluding carboxylic acids is 1. The number of nitrogens with one attached hydrogen (secondary N) is 1. The highest BCUT2D eigenvalue weighted by Gasteiger charge is 2.84. The van der Waals surface area contributed by atoms with Crippen molar-refractivity contribution in [1.29, 1.82) is 0 Å². The molecule has 0 bridgehead atoms. The molecule has 1 amide bonds. The van der Waals surface area contributed by atoms with E-state index in [4.69, 9.17) is 18.9 Å². The van der Waals surface area contributed by atoms with Gasteiger partial charge < -0.3 is 34.3 Å². The topological polar surface area (TPSA) is 92.7 Å². The highest BCUT2D eigenvalue weighted by Crippen LogP contribution is 2.89. The third-order valence-electron chi connectivity index (χ3n) is 17.2. The van der Waals surface area contributed by atoms with Crippen molar-refractivity contribution >= 4 is 6.09 Å². The number of carbonyl (C=O) groups is 1. The van der Waals surface area contributed by atoms with Crippen molar-refractivity contribution in [1.82, 2.24) is 15.1 Å². The van der Waals surface area contributed by atoms with Crippen LogP contribution in [0.3, 0.4) is 0 Å². The minimum absolute atomic E-state index is 0.0122. The van der Waals surface area contributed by atoms with Gasteiger partial charge in [-0.25, -0.2) is 4.79 Å². The molecule has 9 nitrogen and oxygen atoms in total. The van der Waals surface area contributed by atoms with Gasteiger partial charge in [0, 0.05) is 44.7 Å². The quantitative estimate of drug-likeness (QED) is 0.377. The van der Waals surface area contributed by atoms with Crippen molar-refractivity contribution in [3.8, 4) is 0 Å². The third kappa shape index (κ3) is 4.79. The van der Waals surface area contributed by atoms with Crippen LogP contribution in [0, 0.1) is 56.7 Å². The van der Waals surface area contributed by atoms with Crippen LogP contribution in [0.5, 0.6) is 0 Å². The molecule has 278 valence electrons. The van der Waals surface area contributed by atoms with Gasteiger partial charge in [0.15, 0.2) is 6.29 Å². The molecule has 49 heavy (non-hydrogen) atoms. The Hall–Kier alpha value is -0.970. The summed E-state index contributed by atoms with van der Waals surface area (Å²) >= 11 is 0. The zero-order valence-corrected chi connectivity index (χ0v) is 32.0. The lowest BCUT2D eigenvalue weighted by Crippen LogP contribution is -2.62. The normalized spacial score (nSPS) is 51.4. The fraction of sp³-hybridized carbons (Fsp3) is 0.975. The molecule has 2 N–H and O–H groups in total. The Morgan fingerprint density at radius 3 is 2.41 bits per heavy atom. The van der Waals surface area contributed by atoms with Gasteiger partial charge >= 0.3 is 6.09 Å². The second-order valence-electron chi connectivity index (χ2n) is 19.7. The zero-order chi connectivity index (χ0) is 34.9. The molecule has 3 saturated heterocycles. The van der Waals surface area contributed by atoms with E-state index in [-0.39, 0.29) is 52.9 Å². The van der Waals surface area contributed by atoms with Crippen molar-refractivity contribution in [2.24, 2.45) is 56.7 Å². The monoisotopic (exact) mass is 686 g/mol. The maximum absolute atomic E-state index is 12.6. The molecule has 3 heterocycles. The molecule has 5 aliphatic carbocycles. The number of rotatable bonds is 6. The molecule has 8 aliphatic rings. The lowest BCUT2D eigenvalue weighted by Gasteiger charge is -2.64. The minimum atomic E-state index is -0.522. The number of ether oxygens (including phenoxy) is 4. The molecular formula is C40H67N3O6. The molecule has 2 spiro atoms. The lowest BCUT2D eigenvalue weighted by molar-refractivity contribution is -0.253. The van der Waals surface area contributed by atoms with Crippen LogP contribution in [-0.4, -0.2) is 111 Å². The summed E-state index contributed by atoms with van der Waals surface area (Å²) in [7, 11) is 3.81. The molecule has 0 radical (unpaired) electrons. The summed E-state index contributed by atoms with van der Waals surface area (Å²) in [6.07, 6.45) is 7.74. The molecule has 3 unspecified atom stereocenters. The largest absolute Gasteiger partial charge is 0.443 e. The van der Waals surface area contributed by atoms with E-state index in [1.165, 1.54) is 32.1 Å². The van der Waals surface area contributed by atoms with Gasteiger partial charge in [-0.3, -0.25) is 4.90 Å². The van der Waals surface area contributed by atoms with Gasteiger partial charge in [-0.2, -0.15) is 0 Å². The first-order valence-electron chi connectivity index (χ1n) is 20.0. The van der Waals surface area contributed by atoms with Crippen LogP contribution >= 0.6 is 0 Å². The van der Waals surface area contributed by atoms with Crippen LogP contribution in [0.25, 0.3) is 0 Å². The number of fused-ring (bicyclic) bond motifs is 4. The number of nitrogens with zero attached hydrogens (tertiary/aromatic N) is 2. The molecule has 3 aliphatic heterocycles. The minimum Gasteiger partial charge on any atom is -0.443 e. The summed E-state index contributed by atoms with van der Waals surface area (Å²) in [6, 6.07) is 0.643. The van der Waals surface area contributed by atoms with Crippen molar-refractivity contribution in [2.45, 2.75) is 143 Å². The van der Waals surface area contributed by atoms with Gasteiger partial charge in [-0.05, 0) is 110 Å². The number of likely N-dealkylation sites (tertiary alicyclic amines) is 1. The Morgan fingerprint density at radius 1 is 1.00 bits per heavy atom. The van der Waals surface area contributed by atoms with E-state index in [9.17, 15) is 9.90 Å². The van der Waals surface area contributed by atoms with Gasteiger partial charge in [0.05, 0.1) is 31.0 Å². The fourth-order valence-electron chi connectivity index (χ4n) is 14.7. The van der Waals surface area contributed by atoms with Crippen molar-refractivity contribution < 1.29 is 28.8 Å². The number of aliphatic hydroxyl groups is 1. The Labute approximate surface area is 295 Å². The maximum Gasteiger partial charge on any atom is 0.407 e. The second-order valence-corrected chi connectivity index (χ2v) is 19.7. The first-order chi connectivity index (χ1) is 23.1. The summed E-state index contributed by atoms with van der Waals surface area (Å²) in [5.74, 6) is 1.94. The molecule has 0 aromatic carbocycles. The Kier molecular flexibility index (Phi) is 8.42. The number of alkyl carbamates (subject to hydrolysis) is 1. The van der Waals surface area contributed by atoms with Gasteiger partial charge in [0.1, 0.15) is 6.10 Å². The molecule has 14 atom stereocenters. The highest BCUT2D eigenvalue weighted by atomic mass is 16.7. The summed E-state index contributed by atoms with van der Waals surface area (Å²) in [6.45, 7) is 21.5. The predicted molar refractivity (Wildman–Crippen MR) is 188 cm³/mol. The SMILES string of the molecule is CNC(=O)O[C@H](C(C)C)C1C[C@@H](C)[C@H]2C(O1)[C@H](O)[C@@]1(C)C3CC[C@H]4C(C)(C)[C@@H](O[C@H]5CN(C6CN(C)C6)CCO5)CC[C@@]45C[C@@]35CC[C@]21C. The molecule has 8 fully saturated rings. The molecule has 8 rings (SSSR count). The number of hydrogen-bond acceptors (Lipinski definition) is 8. The number of amides is 1. The average molecular weight is 686 g/mol. The van der Waals surface area contributed by atoms with Crippen LogP contribution in [0.2, 0.25) is 0 Å². The van der Waals surface area contributed by atoms with E-state index >= 15 is 0 Å². The maximum atomic E-state index is 12.6. The molecule has 0 aromatic heterocycles. The number of morpholine rings is 1. The molecule has 9 heteroatoms. The smallest absolute Gasteiger partial charge is 0.407 e. The third-order valence-corrected chi connectivity index (χ3v) is 17.2. The number of aliphatic hydroxyl groups excluding tert-OH is 1.